The Labute approximate surface area is 241 Å². The number of nitrogens with zero attached hydrogens (tertiary/aromatic N) is 1. The molecule has 214 valence electrons. The summed E-state index contributed by atoms with van der Waals surface area (Å²) in [7, 11) is -2.50. The molecule has 1 aliphatic rings. The van der Waals surface area contributed by atoms with Gasteiger partial charge in [0.15, 0.2) is 0 Å². The third kappa shape index (κ3) is 7.50. The third-order valence-corrected chi connectivity index (χ3v) is 9.79. The molecule has 7 nitrogen and oxygen atoms in total. The number of carbonyl (C=O) groups is 1. The van der Waals surface area contributed by atoms with Crippen LogP contribution in [0.4, 0.5) is 0 Å². The van der Waals surface area contributed by atoms with Gasteiger partial charge in [0.1, 0.15) is 4.90 Å². The molecule has 1 unspecified atom stereocenters. The molecule has 0 aromatic heterocycles. The number of nitrogens with one attached hydrogen (secondary N) is 1. The normalized spacial score (nSPS) is 14.8. The van der Waals surface area contributed by atoms with E-state index in [2.05, 4.69) is 43.4 Å². The van der Waals surface area contributed by atoms with E-state index >= 15 is 0 Å². The summed E-state index contributed by atoms with van der Waals surface area (Å²) in [5.41, 5.74) is 4.79. The van der Waals surface area contributed by atoms with Crippen LogP contribution in [0.1, 0.15) is 37.0 Å². The molecule has 0 saturated carbocycles. The van der Waals surface area contributed by atoms with E-state index in [1.165, 1.54) is 24.2 Å². The molecule has 3 N–H and O–H groups in total. The van der Waals surface area contributed by atoms with Crippen molar-refractivity contribution in [3.63, 3.8) is 0 Å². The molecule has 3 aromatic rings. The molecule has 0 fully saturated rings. The molecule has 1 atom stereocenters. The van der Waals surface area contributed by atoms with Gasteiger partial charge in [-0.1, -0.05) is 66.2 Å². The first kappa shape index (κ1) is 30.2. The predicted molar refractivity (Wildman–Crippen MR) is 158 cm³/mol. The highest BCUT2D eigenvalue weighted by Gasteiger charge is 2.30. The number of aliphatic hydroxyl groups excluding tert-OH is 1. The van der Waals surface area contributed by atoms with Crippen molar-refractivity contribution < 1.29 is 23.4 Å². The minimum Gasteiger partial charge on any atom is -0.481 e. The molecule has 3 aromatic carbocycles. The zero-order valence-corrected chi connectivity index (χ0v) is 24.7. The Morgan fingerprint density at radius 1 is 1.05 bits per heavy atom. The van der Waals surface area contributed by atoms with Gasteiger partial charge < -0.3 is 15.5 Å². The van der Waals surface area contributed by atoms with Gasteiger partial charge in [-0.2, -0.15) is 4.31 Å². The summed E-state index contributed by atoms with van der Waals surface area (Å²) in [6.45, 7) is 4.41. The highest BCUT2D eigenvalue weighted by Crippen LogP contribution is 2.32. The van der Waals surface area contributed by atoms with Crippen molar-refractivity contribution >= 4 is 27.6 Å². The summed E-state index contributed by atoms with van der Waals surface area (Å²) in [5.74, 6) is -0.373. The number of hydrogen-bond donors (Lipinski definition) is 3. The molecular weight excluding hydrogens is 548 g/mol. The molecule has 0 heterocycles. The largest absolute Gasteiger partial charge is 0.481 e. The molecule has 0 aliphatic heterocycles. The van der Waals surface area contributed by atoms with Crippen LogP contribution in [0.2, 0.25) is 5.02 Å². The Kier molecular flexibility index (Phi) is 9.37. The number of aliphatic carboxylic acids is 1. The fourth-order valence-electron chi connectivity index (χ4n) is 5.49. The number of likely N-dealkylation sites (N-methyl/N-ethyl adjacent to an activating group) is 1. The van der Waals surface area contributed by atoms with Gasteiger partial charge >= 0.3 is 5.97 Å². The second-order valence-electron chi connectivity index (χ2n) is 11.4. The molecule has 4 rings (SSSR count). The SMILES string of the molecule is CN(CC(O)CNC(C)(C)CC1Cc2ccccc2C1)S(=O)(=O)c1ccc(-c2ccc(CC(=O)O)cc2)cc1Cl. The summed E-state index contributed by atoms with van der Waals surface area (Å²) in [6.07, 6.45) is 2.09. The highest BCUT2D eigenvalue weighted by molar-refractivity contribution is 7.89. The van der Waals surface area contributed by atoms with Crippen LogP contribution in [0.15, 0.2) is 71.6 Å². The molecular formula is C31H37ClN2O5S. The number of sulfonamides is 1. The van der Waals surface area contributed by atoms with Gasteiger partial charge in [0, 0.05) is 25.7 Å². The summed E-state index contributed by atoms with van der Waals surface area (Å²) in [6, 6.07) is 20.3. The molecule has 0 amide bonds. The first-order valence-corrected chi connectivity index (χ1v) is 15.2. The minimum absolute atomic E-state index is 0.0378. The van der Waals surface area contributed by atoms with Crippen LogP contribution in [0.3, 0.4) is 0 Å². The van der Waals surface area contributed by atoms with E-state index in [4.69, 9.17) is 16.7 Å². The predicted octanol–water partition coefficient (Wildman–Crippen LogP) is 4.79. The zero-order valence-electron chi connectivity index (χ0n) is 23.1. The standard InChI is InChI=1S/C31H37ClN2O5S/c1-31(2,18-22-14-24-6-4-5-7-25(24)15-22)33-19-27(35)20-34(3)40(38,39)29-13-12-26(17-28(29)32)23-10-8-21(9-11-23)16-30(36)37/h4-13,17,22,27,33,35H,14-16,18-20H2,1-3H3,(H,36,37). The average Bonchev–Trinajstić information content (AvgIpc) is 3.29. The summed E-state index contributed by atoms with van der Waals surface area (Å²) in [4.78, 5) is 10.9. The molecule has 0 bridgehead atoms. The molecule has 1 aliphatic carbocycles. The zero-order chi connectivity index (χ0) is 29.1. The van der Waals surface area contributed by atoms with Crippen molar-refractivity contribution in [1.29, 1.82) is 0 Å². The van der Waals surface area contributed by atoms with Crippen LogP contribution in [0.5, 0.6) is 0 Å². The first-order chi connectivity index (χ1) is 18.8. The van der Waals surface area contributed by atoms with Crippen LogP contribution in [0, 0.1) is 5.92 Å². The molecule has 40 heavy (non-hydrogen) atoms. The molecule has 9 heteroatoms. The monoisotopic (exact) mass is 584 g/mol. The van der Waals surface area contributed by atoms with Crippen LogP contribution in [0.25, 0.3) is 11.1 Å². The Morgan fingerprint density at radius 2 is 1.65 bits per heavy atom. The Morgan fingerprint density at radius 3 is 2.23 bits per heavy atom. The van der Waals surface area contributed by atoms with E-state index in [-0.39, 0.29) is 35.0 Å². The number of rotatable bonds is 12. The van der Waals surface area contributed by atoms with E-state index in [9.17, 15) is 18.3 Å². The van der Waals surface area contributed by atoms with Gasteiger partial charge in [-0.25, -0.2) is 8.42 Å². The average molecular weight is 585 g/mol. The lowest BCUT2D eigenvalue weighted by Crippen LogP contribution is -2.47. The van der Waals surface area contributed by atoms with Gasteiger partial charge in [0.2, 0.25) is 10.0 Å². The number of benzene rings is 3. The topological polar surface area (TPSA) is 107 Å². The number of hydrogen-bond acceptors (Lipinski definition) is 5. The quantitative estimate of drug-likeness (QED) is 0.283. The van der Waals surface area contributed by atoms with Crippen molar-refractivity contribution in [3.8, 4) is 11.1 Å². The number of aliphatic hydroxyl groups is 1. The smallest absolute Gasteiger partial charge is 0.307 e. The maximum atomic E-state index is 13.3. The highest BCUT2D eigenvalue weighted by atomic mass is 35.5. The lowest BCUT2D eigenvalue weighted by molar-refractivity contribution is -0.136. The van der Waals surface area contributed by atoms with Crippen LogP contribution in [-0.4, -0.2) is 60.7 Å². The number of fused-ring (bicyclic) bond motifs is 1. The van der Waals surface area contributed by atoms with Crippen molar-refractivity contribution in [1.82, 2.24) is 9.62 Å². The summed E-state index contributed by atoms with van der Waals surface area (Å²) >= 11 is 6.42. The number of carboxylic acids is 1. The maximum absolute atomic E-state index is 13.3. The fourth-order valence-corrected chi connectivity index (χ4v) is 7.21. The first-order valence-electron chi connectivity index (χ1n) is 13.4. The Balaban J connectivity index is 1.33. The Bertz CT molecular complexity index is 1430. The van der Waals surface area contributed by atoms with Crippen molar-refractivity contribution in [2.75, 3.05) is 20.1 Å². The van der Waals surface area contributed by atoms with Crippen molar-refractivity contribution in [2.24, 2.45) is 5.92 Å². The van der Waals surface area contributed by atoms with Gasteiger partial charge in [0.05, 0.1) is 17.5 Å². The van der Waals surface area contributed by atoms with Gasteiger partial charge in [0.25, 0.3) is 0 Å². The molecule has 0 saturated heterocycles. The lowest BCUT2D eigenvalue weighted by atomic mass is 9.88. The van der Waals surface area contributed by atoms with Gasteiger partial charge in [-0.15, -0.1) is 0 Å². The summed E-state index contributed by atoms with van der Waals surface area (Å²) < 4.78 is 27.7. The van der Waals surface area contributed by atoms with Crippen LogP contribution in [-0.2, 0) is 34.1 Å². The Hall–Kier alpha value is -2.75. The molecule has 0 radical (unpaired) electrons. The minimum atomic E-state index is -3.94. The van der Waals surface area contributed by atoms with Crippen molar-refractivity contribution in [2.45, 2.75) is 56.1 Å². The van der Waals surface area contributed by atoms with Gasteiger partial charge in [-0.05, 0) is 79.0 Å². The van der Waals surface area contributed by atoms with E-state index in [1.54, 1.807) is 36.4 Å². The van der Waals surface area contributed by atoms with Gasteiger partial charge in [-0.3, -0.25) is 4.79 Å². The number of carboxylic acid groups (broad SMARTS) is 1. The van der Waals surface area contributed by atoms with E-state index in [1.807, 2.05) is 0 Å². The third-order valence-electron chi connectivity index (χ3n) is 7.48. The maximum Gasteiger partial charge on any atom is 0.307 e. The number of halogens is 1. The van der Waals surface area contributed by atoms with Crippen molar-refractivity contribution in [3.05, 3.63) is 88.4 Å². The van der Waals surface area contributed by atoms with Crippen LogP contribution < -0.4 is 5.32 Å². The fraction of sp³-hybridized carbons (Fsp3) is 0.387. The second-order valence-corrected chi connectivity index (χ2v) is 13.8. The van der Waals surface area contributed by atoms with Crippen LogP contribution >= 0.6 is 11.6 Å². The molecule has 0 spiro atoms. The summed E-state index contributed by atoms with van der Waals surface area (Å²) in [5, 5.41) is 23.1. The number of β-amino-alcohol motifs (C(OH)–C–C–N with tert-alkyl or cyclic N) is 1. The van der Waals surface area contributed by atoms with E-state index < -0.39 is 22.1 Å². The van der Waals surface area contributed by atoms with E-state index in [0.717, 1.165) is 29.1 Å². The second kappa shape index (κ2) is 12.4. The lowest BCUT2D eigenvalue weighted by Gasteiger charge is -2.31. The van der Waals surface area contributed by atoms with E-state index in [0.29, 0.717) is 17.0 Å².